The summed E-state index contributed by atoms with van der Waals surface area (Å²) in [5.74, 6) is -0.205. The molecule has 0 unspecified atom stereocenters. The van der Waals surface area contributed by atoms with Crippen LogP contribution < -0.4 is 5.43 Å². The third-order valence-electron chi connectivity index (χ3n) is 3.69. The van der Waals surface area contributed by atoms with Gasteiger partial charge in [-0.25, -0.2) is 10.2 Å². The third kappa shape index (κ3) is 5.20. The fourth-order valence-electron chi connectivity index (χ4n) is 2.45. The van der Waals surface area contributed by atoms with Gasteiger partial charge >= 0.3 is 12.0 Å². The molecule has 2 aromatic heterocycles. The molecule has 1 N–H and O–H groups in total. The standard InChI is InChI=1S/C18H16ClN5O5/c1-2-28-18(25)21-20-9-13-11-23(10-12-3-5-14(19)6-4-12)22-17(13)15-7-8-16(29-15)24(26)27/h3-9,11H,2,10H2,1H3,(H,21,25)/b20-9+. The van der Waals surface area contributed by atoms with Crippen LogP contribution in [0, 0.1) is 10.1 Å². The summed E-state index contributed by atoms with van der Waals surface area (Å²) < 4.78 is 11.6. The summed E-state index contributed by atoms with van der Waals surface area (Å²) >= 11 is 5.91. The molecule has 11 heteroatoms. The first kappa shape index (κ1) is 20.1. The van der Waals surface area contributed by atoms with E-state index in [-0.39, 0.29) is 12.4 Å². The molecule has 0 saturated carbocycles. The second-order valence-corrected chi connectivity index (χ2v) is 6.18. The van der Waals surface area contributed by atoms with Gasteiger partial charge in [-0.15, -0.1) is 0 Å². The van der Waals surface area contributed by atoms with Crippen LogP contribution >= 0.6 is 11.6 Å². The molecule has 0 bridgehead atoms. The smallest absolute Gasteiger partial charge is 0.433 e. The van der Waals surface area contributed by atoms with E-state index in [2.05, 4.69) is 15.6 Å². The quantitative estimate of drug-likeness (QED) is 0.353. The average Bonchev–Trinajstić information content (AvgIpc) is 3.31. The number of hydrogen-bond acceptors (Lipinski definition) is 7. The van der Waals surface area contributed by atoms with Crippen LogP contribution in [0.25, 0.3) is 11.5 Å². The van der Waals surface area contributed by atoms with Crippen LogP contribution in [0.3, 0.4) is 0 Å². The summed E-state index contributed by atoms with van der Waals surface area (Å²) in [5.41, 5.74) is 3.98. The Labute approximate surface area is 169 Å². The molecule has 150 valence electrons. The number of hydrogen-bond donors (Lipinski definition) is 1. The van der Waals surface area contributed by atoms with E-state index in [0.717, 1.165) is 5.56 Å². The lowest BCUT2D eigenvalue weighted by Crippen LogP contribution is -2.18. The number of amides is 1. The zero-order chi connectivity index (χ0) is 20.8. The highest BCUT2D eigenvalue weighted by atomic mass is 35.5. The molecule has 0 aliphatic carbocycles. The van der Waals surface area contributed by atoms with Gasteiger partial charge < -0.3 is 9.15 Å². The third-order valence-corrected chi connectivity index (χ3v) is 3.94. The molecule has 0 atom stereocenters. The Bertz CT molecular complexity index is 1040. The molecular weight excluding hydrogens is 402 g/mol. The van der Waals surface area contributed by atoms with E-state index in [1.807, 2.05) is 12.1 Å². The summed E-state index contributed by atoms with van der Waals surface area (Å²) in [7, 11) is 0. The van der Waals surface area contributed by atoms with Crippen molar-refractivity contribution in [2.45, 2.75) is 13.5 Å². The van der Waals surface area contributed by atoms with Crippen LogP contribution in [-0.4, -0.2) is 33.6 Å². The van der Waals surface area contributed by atoms with Gasteiger partial charge in [-0.05, 0) is 30.7 Å². The molecule has 10 nitrogen and oxygen atoms in total. The molecule has 0 spiro atoms. The van der Waals surface area contributed by atoms with Gasteiger partial charge in [0.05, 0.1) is 25.4 Å². The Morgan fingerprint density at radius 3 is 2.79 bits per heavy atom. The first-order valence-electron chi connectivity index (χ1n) is 8.48. The largest absolute Gasteiger partial charge is 0.449 e. The zero-order valence-electron chi connectivity index (χ0n) is 15.2. The number of benzene rings is 1. The van der Waals surface area contributed by atoms with Gasteiger partial charge in [0.1, 0.15) is 10.6 Å². The van der Waals surface area contributed by atoms with Crippen LogP contribution in [0.4, 0.5) is 10.7 Å². The maximum absolute atomic E-state index is 11.4. The Morgan fingerprint density at radius 1 is 1.38 bits per heavy atom. The Morgan fingerprint density at radius 2 is 2.14 bits per heavy atom. The molecule has 0 fully saturated rings. The van der Waals surface area contributed by atoms with Crippen molar-refractivity contribution < 1.29 is 18.9 Å². The lowest BCUT2D eigenvalue weighted by molar-refractivity contribution is -0.401. The summed E-state index contributed by atoms with van der Waals surface area (Å²) in [6, 6.07) is 9.94. The highest BCUT2D eigenvalue weighted by molar-refractivity contribution is 6.30. The second kappa shape index (κ2) is 9.02. The first-order chi connectivity index (χ1) is 14.0. The van der Waals surface area contributed by atoms with Gasteiger partial charge in [-0.1, -0.05) is 23.7 Å². The molecule has 0 radical (unpaired) electrons. The van der Waals surface area contributed by atoms with Crippen LogP contribution in [0.1, 0.15) is 18.1 Å². The average molecular weight is 418 g/mol. The maximum atomic E-state index is 11.4. The lowest BCUT2D eigenvalue weighted by Gasteiger charge is -2.01. The first-order valence-corrected chi connectivity index (χ1v) is 8.86. The van der Waals surface area contributed by atoms with Crippen LogP contribution in [-0.2, 0) is 11.3 Å². The van der Waals surface area contributed by atoms with E-state index in [1.165, 1.54) is 18.3 Å². The van der Waals surface area contributed by atoms with Gasteiger partial charge in [-0.3, -0.25) is 14.8 Å². The van der Waals surface area contributed by atoms with Crippen molar-refractivity contribution >= 4 is 29.8 Å². The minimum Gasteiger partial charge on any atom is -0.449 e. The Balaban J connectivity index is 1.89. The molecular formula is C18H16ClN5O5. The van der Waals surface area contributed by atoms with E-state index in [0.29, 0.717) is 22.8 Å². The monoisotopic (exact) mass is 417 g/mol. The van der Waals surface area contributed by atoms with Crippen molar-refractivity contribution in [1.29, 1.82) is 0 Å². The van der Waals surface area contributed by atoms with E-state index in [9.17, 15) is 14.9 Å². The summed E-state index contributed by atoms with van der Waals surface area (Å²) in [6.07, 6.45) is 2.33. The van der Waals surface area contributed by atoms with Crippen molar-refractivity contribution in [2.24, 2.45) is 5.10 Å². The molecule has 2 heterocycles. The van der Waals surface area contributed by atoms with Crippen molar-refractivity contribution in [3.05, 3.63) is 68.9 Å². The fourth-order valence-corrected chi connectivity index (χ4v) is 2.58. The molecule has 1 amide bonds. The number of hydrazone groups is 1. The van der Waals surface area contributed by atoms with Crippen molar-refractivity contribution in [1.82, 2.24) is 15.2 Å². The minimum atomic E-state index is -0.701. The molecule has 3 rings (SSSR count). The number of carbonyl (C=O) groups is 1. The van der Waals surface area contributed by atoms with Crippen LogP contribution in [0.5, 0.6) is 0 Å². The summed E-state index contributed by atoms with van der Waals surface area (Å²) in [5, 5.41) is 19.8. The molecule has 3 aromatic rings. The Kier molecular flexibility index (Phi) is 6.25. The lowest BCUT2D eigenvalue weighted by atomic mass is 10.2. The molecule has 0 aliphatic heterocycles. The molecule has 0 aliphatic rings. The van der Waals surface area contributed by atoms with Crippen molar-refractivity contribution in [3.8, 4) is 11.5 Å². The number of halogens is 1. The second-order valence-electron chi connectivity index (χ2n) is 5.74. The van der Waals surface area contributed by atoms with Gasteiger partial charge in [0.15, 0.2) is 5.76 Å². The number of nitro groups is 1. The number of furan rings is 1. The van der Waals surface area contributed by atoms with Crippen molar-refractivity contribution in [3.63, 3.8) is 0 Å². The number of rotatable bonds is 7. The van der Waals surface area contributed by atoms with E-state index < -0.39 is 16.9 Å². The highest BCUT2D eigenvalue weighted by Gasteiger charge is 2.18. The van der Waals surface area contributed by atoms with Gasteiger partial charge in [-0.2, -0.15) is 10.2 Å². The SMILES string of the molecule is CCOC(=O)N/N=C/c1cn(Cc2ccc(Cl)cc2)nc1-c1ccc([N+](=O)[O-])o1. The topological polar surface area (TPSA) is 125 Å². The minimum absolute atomic E-state index is 0.198. The van der Waals surface area contributed by atoms with E-state index in [1.54, 1.807) is 29.9 Å². The summed E-state index contributed by atoms with van der Waals surface area (Å²) in [6.45, 7) is 2.31. The number of ether oxygens (including phenoxy) is 1. The normalized spacial score (nSPS) is 11.0. The van der Waals surface area contributed by atoms with Crippen molar-refractivity contribution in [2.75, 3.05) is 6.61 Å². The number of carbonyl (C=O) groups excluding carboxylic acids is 1. The maximum Gasteiger partial charge on any atom is 0.433 e. The van der Waals surface area contributed by atoms with Gasteiger partial charge in [0.25, 0.3) is 0 Å². The number of nitrogens with one attached hydrogen (secondary N) is 1. The van der Waals surface area contributed by atoms with E-state index >= 15 is 0 Å². The van der Waals surface area contributed by atoms with Crippen LogP contribution in [0.15, 0.2) is 52.1 Å². The van der Waals surface area contributed by atoms with Crippen LogP contribution in [0.2, 0.25) is 5.02 Å². The fraction of sp³-hybridized carbons (Fsp3) is 0.167. The molecule has 29 heavy (non-hydrogen) atoms. The number of aromatic nitrogens is 2. The molecule has 1 aromatic carbocycles. The zero-order valence-corrected chi connectivity index (χ0v) is 16.0. The Hall–Kier alpha value is -3.66. The highest BCUT2D eigenvalue weighted by Crippen LogP contribution is 2.27. The molecule has 0 saturated heterocycles. The van der Waals surface area contributed by atoms with Gasteiger partial charge in [0.2, 0.25) is 0 Å². The predicted octanol–water partition coefficient (Wildman–Crippen LogP) is 3.83. The number of nitrogens with zero attached hydrogens (tertiary/aromatic N) is 4. The van der Waals surface area contributed by atoms with E-state index in [4.69, 9.17) is 20.8 Å². The van der Waals surface area contributed by atoms with Gasteiger partial charge in [0, 0.05) is 16.8 Å². The summed E-state index contributed by atoms with van der Waals surface area (Å²) in [4.78, 5) is 21.6. The predicted molar refractivity (Wildman–Crippen MR) is 105 cm³/mol.